The molecule has 0 bridgehead atoms. The maximum Gasteiger partial charge on any atom is 0.177 e. The number of aliphatic hydroxyl groups excluding tert-OH is 1. The van der Waals surface area contributed by atoms with E-state index in [1.165, 1.54) is 11.3 Å². The fourth-order valence-electron chi connectivity index (χ4n) is 3.58. The lowest BCUT2D eigenvalue weighted by Crippen LogP contribution is -2.49. The number of nitrogens with zero attached hydrogens (tertiary/aromatic N) is 4. The molecule has 6 nitrogen and oxygen atoms in total. The number of hydrogen-bond donors (Lipinski definition) is 3. The lowest BCUT2D eigenvalue weighted by atomic mass is 10.0. The molecule has 27 heavy (non-hydrogen) atoms. The molecule has 2 atom stereocenters. The van der Waals surface area contributed by atoms with E-state index in [9.17, 15) is 5.11 Å². The number of aromatic nitrogens is 3. The molecule has 1 aliphatic rings. The molecule has 1 fully saturated rings. The van der Waals surface area contributed by atoms with Gasteiger partial charge < -0.3 is 10.0 Å². The summed E-state index contributed by atoms with van der Waals surface area (Å²) in [6.07, 6.45) is 0. The Bertz CT molecular complexity index is 857. The van der Waals surface area contributed by atoms with E-state index in [4.69, 9.17) is 12.6 Å². The van der Waals surface area contributed by atoms with Crippen LogP contribution in [0.5, 0.6) is 0 Å². The van der Waals surface area contributed by atoms with Crippen molar-refractivity contribution in [1.82, 2.24) is 20.1 Å². The third-order valence-corrected chi connectivity index (χ3v) is 5.50. The highest BCUT2D eigenvalue weighted by molar-refractivity contribution is 7.80. The zero-order valence-electron chi connectivity index (χ0n) is 14.9. The van der Waals surface area contributed by atoms with Crippen LogP contribution in [0.25, 0.3) is 0 Å². The van der Waals surface area contributed by atoms with Gasteiger partial charge in [-0.15, -0.1) is 0 Å². The van der Waals surface area contributed by atoms with Gasteiger partial charge in [-0.1, -0.05) is 48.5 Å². The van der Waals surface area contributed by atoms with Crippen molar-refractivity contribution < 1.29 is 5.11 Å². The third kappa shape index (κ3) is 3.85. The Kier molecular flexibility index (Phi) is 5.42. The van der Waals surface area contributed by atoms with E-state index >= 15 is 0 Å². The molecule has 0 amide bonds. The molecule has 0 saturated carbocycles. The summed E-state index contributed by atoms with van der Waals surface area (Å²) in [4.78, 5) is 9.09. The molecule has 1 aromatic heterocycles. The molecule has 140 valence electrons. The fourth-order valence-corrected chi connectivity index (χ4v) is 3.97. The number of nitrogens with one attached hydrogen (secondary N) is 1. The van der Waals surface area contributed by atoms with Gasteiger partial charge in [-0.25, -0.2) is 4.98 Å². The molecule has 1 saturated heterocycles. The van der Waals surface area contributed by atoms with Gasteiger partial charge in [0.25, 0.3) is 0 Å². The third-order valence-electron chi connectivity index (χ3n) is 4.97. The summed E-state index contributed by atoms with van der Waals surface area (Å²) in [7, 11) is 0. The predicted octanol–water partition coefficient (Wildman–Crippen LogP) is 2.79. The van der Waals surface area contributed by atoms with Crippen LogP contribution < -0.4 is 4.90 Å². The first-order valence-electron chi connectivity index (χ1n) is 9.07. The molecule has 2 aromatic carbocycles. The van der Waals surface area contributed by atoms with Crippen LogP contribution in [-0.4, -0.2) is 44.8 Å². The molecule has 7 heteroatoms. The minimum atomic E-state index is -0.246. The van der Waals surface area contributed by atoms with Crippen LogP contribution in [-0.2, 0) is 6.61 Å². The van der Waals surface area contributed by atoms with Gasteiger partial charge in [0.1, 0.15) is 17.8 Å². The largest absolute Gasteiger partial charge is 0.388 e. The summed E-state index contributed by atoms with van der Waals surface area (Å²) in [5, 5.41) is 16.0. The average Bonchev–Trinajstić information content (AvgIpc) is 3.23. The van der Waals surface area contributed by atoms with Gasteiger partial charge in [0, 0.05) is 25.3 Å². The highest BCUT2D eigenvalue weighted by Crippen LogP contribution is 2.35. The van der Waals surface area contributed by atoms with Gasteiger partial charge in [0.15, 0.2) is 5.82 Å². The van der Waals surface area contributed by atoms with E-state index in [2.05, 4.69) is 73.5 Å². The predicted molar refractivity (Wildman–Crippen MR) is 109 cm³/mol. The van der Waals surface area contributed by atoms with E-state index in [0.29, 0.717) is 11.6 Å². The molecule has 1 aliphatic heterocycles. The molecular formula is C20H23N5OS. The number of rotatable bonds is 5. The minimum absolute atomic E-state index is 0.155. The normalized spacial score (nSPS) is 19.2. The van der Waals surface area contributed by atoms with E-state index < -0.39 is 0 Å². The summed E-state index contributed by atoms with van der Waals surface area (Å²) in [6, 6.07) is 21.1. The van der Waals surface area contributed by atoms with E-state index in [0.717, 1.165) is 19.6 Å². The quantitative estimate of drug-likeness (QED) is 0.593. The molecular weight excluding hydrogens is 358 g/mol. The van der Waals surface area contributed by atoms with E-state index in [-0.39, 0.29) is 18.0 Å². The Labute approximate surface area is 164 Å². The van der Waals surface area contributed by atoms with Crippen LogP contribution in [0.2, 0.25) is 0 Å². The van der Waals surface area contributed by atoms with Gasteiger partial charge in [-0.3, -0.25) is 10.00 Å². The number of aromatic amines is 1. The molecule has 0 aliphatic carbocycles. The van der Waals surface area contributed by atoms with E-state index in [1.807, 2.05) is 12.1 Å². The Morgan fingerprint density at radius 3 is 2.44 bits per heavy atom. The van der Waals surface area contributed by atoms with Crippen molar-refractivity contribution in [2.45, 2.75) is 18.0 Å². The Hall–Kier alpha value is -2.35. The number of benzene rings is 2. The lowest BCUT2D eigenvalue weighted by Gasteiger charge is -2.44. The van der Waals surface area contributed by atoms with Crippen LogP contribution in [0, 0.1) is 0 Å². The molecule has 0 radical (unpaired) electrons. The van der Waals surface area contributed by atoms with Crippen molar-refractivity contribution in [3.8, 4) is 0 Å². The van der Waals surface area contributed by atoms with Crippen molar-refractivity contribution >= 4 is 18.3 Å². The maximum absolute atomic E-state index is 9.25. The van der Waals surface area contributed by atoms with Crippen molar-refractivity contribution in [2.75, 3.05) is 24.5 Å². The average molecular weight is 382 g/mol. The summed E-state index contributed by atoms with van der Waals surface area (Å²) < 4.78 is 0. The van der Waals surface area contributed by atoms with Crippen LogP contribution in [0.1, 0.15) is 28.6 Å². The summed E-state index contributed by atoms with van der Waals surface area (Å²) in [5.74, 6) is 1.06. The smallest absolute Gasteiger partial charge is 0.177 e. The SMILES string of the molecule is OCc1nc(C(S)N2CCN(c3ccccc3)CC2c2ccccc2)n[nH]1. The highest BCUT2D eigenvalue weighted by atomic mass is 32.1. The molecule has 2 N–H and O–H groups in total. The minimum Gasteiger partial charge on any atom is -0.388 e. The van der Waals surface area contributed by atoms with Crippen molar-refractivity contribution in [1.29, 1.82) is 0 Å². The van der Waals surface area contributed by atoms with Gasteiger partial charge in [0.2, 0.25) is 0 Å². The number of hydrogen-bond acceptors (Lipinski definition) is 6. The standard InChI is InChI=1S/C20H23N5OS/c26-14-18-21-19(23-22-18)20(27)25-12-11-24(16-9-5-2-6-10-16)13-17(25)15-7-3-1-4-8-15/h1-10,17,20,26-27H,11-14H2,(H,21,22,23). The van der Waals surface area contributed by atoms with Gasteiger partial charge >= 0.3 is 0 Å². The maximum atomic E-state index is 9.25. The van der Waals surface area contributed by atoms with Crippen molar-refractivity contribution in [2.24, 2.45) is 0 Å². The second-order valence-electron chi connectivity index (χ2n) is 6.62. The van der Waals surface area contributed by atoms with Gasteiger partial charge in [0.05, 0.1) is 6.04 Å². The molecule has 4 rings (SSSR count). The first-order chi connectivity index (χ1) is 13.3. The van der Waals surface area contributed by atoms with Crippen molar-refractivity contribution in [3.63, 3.8) is 0 Å². The summed E-state index contributed by atoms with van der Waals surface area (Å²) in [5.41, 5.74) is 2.48. The van der Waals surface area contributed by atoms with Crippen molar-refractivity contribution in [3.05, 3.63) is 77.9 Å². The second-order valence-corrected chi connectivity index (χ2v) is 7.11. The highest BCUT2D eigenvalue weighted by Gasteiger charge is 2.34. The Morgan fingerprint density at radius 2 is 1.78 bits per heavy atom. The number of aliphatic hydroxyl groups is 1. The number of anilines is 1. The monoisotopic (exact) mass is 381 g/mol. The number of thiol groups is 1. The number of piperazine rings is 1. The zero-order chi connectivity index (χ0) is 18.6. The van der Waals surface area contributed by atoms with Crippen LogP contribution in [0.15, 0.2) is 60.7 Å². The number of H-pyrrole nitrogens is 1. The fraction of sp³-hybridized carbons (Fsp3) is 0.300. The molecule has 0 spiro atoms. The second kappa shape index (κ2) is 8.12. The topological polar surface area (TPSA) is 68.3 Å². The summed E-state index contributed by atoms with van der Waals surface area (Å²) in [6.45, 7) is 2.45. The first-order valence-corrected chi connectivity index (χ1v) is 9.58. The van der Waals surface area contributed by atoms with Crippen LogP contribution in [0.4, 0.5) is 5.69 Å². The van der Waals surface area contributed by atoms with Gasteiger partial charge in [-0.2, -0.15) is 17.7 Å². The Morgan fingerprint density at radius 1 is 1.07 bits per heavy atom. The Balaban J connectivity index is 1.62. The van der Waals surface area contributed by atoms with Gasteiger partial charge in [-0.05, 0) is 17.7 Å². The molecule has 3 aromatic rings. The number of para-hydroxylation sites is 1. The van der Waals surface area contributed by atoms with Crippen LogP contribution >= 0.6 is 12.6 Å². The molecule has 2 unspecified atom stereocenters. The molecule has 2 heterocycles. The lowest BCUT2D eigenvalue weighted by molar-refractivity contribution is 0.160. The summed E-state index contributed by atoms with van der Waals surface area (Å²) >= 11 is 4.82. The zero-order valence-corrected chi connectivity index (χ0v) is 15.8. The van der Waals surface area contributed by atoms with Crippen LogP contribution in [0.3, 0.4) is 0 Å². The first kappa shape index (κ1) is 18.0. The van der Waals surface area contributed by atoms with E-state index in [1.54, 1.807) is 0 Å².